The molecule has 0 bridgehead atoms. The SMILES string of the molecule is O=S(=O)(Nc1cccc(I)c1)c1cc(CO)ccc1F. The predicted octanol–water partition coefficient (Wildman–Crippen LogP) is 2.72. The van der Waals surface area contributed by atoms with E-state index < -0.39 is 20.7 Å². The highest BCUT2D eigenvalue weighted by atomic mass is 127. The highest BCUT2D eigenvalue weighted by Crippen LogP contribution is 2.21. The topological polar surface area (TPSA) is 66.4 Å². The van der Waals surface area contributed by atoms with E-state index in [0.29, 0.717) is 11.3 Å². The minimum atomic E-state index is -4.03. The van der Waals surface area contributed by atoms with Crippen LogP contribution in [-0.2, 0) is 16.6 Å². The summed E-state index contributed by atoms with van der Waals surface area (Å²) >= 11 is 2.05. The van der Waals surface area contributed by atoms with Crippen molar-refractivity contribution in [2.75, 3.05) is 4.72 Å². The van der Waals surface area contributed by atoms with Crippen molar-refractivity contribution in [2.45, 2.75) is 11.5 Å². The van der Waals surface area contributed by atoms with Crippen molar-refractivity contribution in [1.29, 1.82) is 0 Å². The Balaban J connectivity index is 2.40. The molecule has 2 aromatic rings. The minimum Gasteiger partial charge on any atom is -0.392 e. The summed E-state index contributed by atoms with van der Waals surface area (Å²) in [5.41, 5.74) is 0.681. The molecule has 0 saturated heterocycles. The number of hydrogen-bond acceptors (Lipinski definition) is 3. The highest BCUT2D eigenvalue weighted by molar-refractivity contribution is 14.1. The summed E-state index contributed by atoms with van der Waals surface area (Å²) in [4.78, 5) is -0.483. The van der Waals surface area contributed by atoms with Crippen LogP contribution in [0.5, 0.6) is 0 Å². The van der Waals surface area contributed by atoms with Crippen molar-refractivity contribution in [2.24, 2.45) is 0 Å². The Morgan fingerprint density at radius 2 is 1.95 bits per heavy atom. The molecule has 0 unspecified atom stereocenters. The van der Waals surface area contributed by atoms with Gasteiger partial charge in [0.15, 0.2) is 0 Å². The summed E-state index contributed by atoms with van der Waals surface area (Å²) in [5.74, 6) is -0.861. The molecule has 0 radical (unpaired) electrons. The molecule has 20 heavy (non-hydrogen) atoms. The second kappa shape index (κ2) is 6.06. The van der Waals surface area contributed by atoms with Gasteiger partial charge in [0.25, 0.3) is 10.0 Å². The first-order chi connectivity index (χ1) is 9.42. The number of sulfonamides is 1. The number of halogens is 2. The first kappa shape index (κ1) is 15.2. The third-order valence-corrected chi connectivity index (χ3v) is 4.61. The molecule has 0 fully saturated rings. The predicted molar refractivity (Wildman–Crippen MR) is 82.3 cm³/mol. The number of hydrogen-bond donors (Lipinski definition) is 2. The number of anilines is 1. The Morgan fingerprint density at radius 1 is 1.20 bits per heavy atom. The summed E-state index contributed by atoms with van der Waals surface area (Å²) in [6, 6.07) is 10.2. The van der Waals surface area contributed by atoms with Crippen molar-refractivity contribution >= 4 is 38.3 Å². The van der Waals surface area contributed by atoms with Crippen molar-refractivity contribution in [1.82, 2.24) is 0 Å². The van der Waals surface area contributed by atoms with Gasteiger partial charge in [0.05, 0.1) is 6.61 Å². The third-order valence-electron chi connectivity index (χ3n) is 2.54. The van der Waals surface area contributed by atoms with Gasteiger partial charge < -0.3 is 5.11 Å². The first-order valence-electron chi connectivity index (χ1n) is 5.60. The van der Waals surface area contributed by atoms with Gasteiger partial charge in [-0.25, -0.2) is 12.8 Å². The van der Waals surface area contributed by atoms with Crippen molar-refractivity contribution in [3.05, 3.63) is 57.4 Å². The van der Waals surface area contributed by atoms with Gasteiger partial charge in [-0.3, -0.25) is 4.72 Å². The Kier molecular flexibility index (Phi) is 4.61. The summed E-state index contributed by atoms with van der Waals surface area (Å²) in [6.07, 6.45) is 0. The number of aliphatic hydroxyl groups excluding tert-OH is 1. The second-order valence-electron chi connectivity index (χ2n) is 4.04. The number of rotatable bonds is 4. The summed E-state index contributed by atoms with van der Waals surface area (Å²) in [5, 5.41) is 9.01. The lowest BCUT2D eigenvalue weighted by molar-refractivity contribution is 0.281. The molecule has 0 aliphatic carbocycles. The Morgan fingerprint density at radius 3 is 2.60 bits per heavy atom. The molecule has 106 valence electrons. The first-order valence-corrected chi connectivity index (χ1v) is 8.16. The lowest BCUT2D eigenvalue weighted by atomic mass is 10.2. The average Bonchev–Trinajstić information content (AvgIpc) is 2.38. The van der Waals surface area contributed by atoms with E-state index in [1.165, 1.54) is 6.07 Å². The maximum atomic E-state index is 13.7. The van der Waals surface area contributed by atoms with Crippen LogP contribution in [-0.4, -0.2) is 13.5 Å². The van der Waals surface area contributed by atoms with Crippen LogP contribution in [0.1, 0.15) is 5.56 Å². The van der Waals surface area contributed by atoms with Crippen LogP contribution in [0.4, 0.5) is 10.1 Å². The smallest absolute Gasteiger partial charge is 0.264 e. The lowest BCUT2D eigenvalue weighted by Gasteiger charge is -2.10. The van der Waals surface area contributed by atoms with E-state index in [9.17, 15) is 12.8 Å². The molecule has 0 atom stereocenters. The zero-order chi connectivity index (χ0) is 14.8. The van der Waals surface area contributed by atoms with Crippen LogP contribution in [0.2, 0.25) is 0 Å². The fourth-order valence-electron chi connectivity index (χ4n) is 1.61. The molecular formula is C13H11FINO3S. The van der Waals surface area contributed by atoms with Crippen LogP contribution in [0.3, 0.4) is 0 Å². The molecule has 0 amide bonds. The van der Waals surface area contributed by atoms with Gasteiger partial charge in [0.2, 0.25) is 0 Å². The van der Waals surface area contributed by atoms with E-state index in [-0.39, 0.29) is 6.61 Å². The summed E-state index contributed by atoms with van der Waals surface area (Å²) in [7, 11) is -4.03. The molecule has 0 aliphatic heterocycles. The normalized spacial score (nSPS) is 11.3. The molecule has 0 saturated carbocycles. The Hall–Kier alpha value is -1.19. The Labute approximate surface area is 129 Å². The molecule has 2 N–H and O–H groups in total. The third kappa shape index (κ3) is 3.47. The van der Waals surface area contributed by atoms with E-state index in [1.54, 1.807) is 18.2 Å². The van der Waals surface area contributed by atoms with E-state index in [0.717, 1.165) is 15.7 Å². The van der Waals surface area contributed by atoms with Gasteiger partial charge in [0, 0.05) is 9.26 Å². The highest BCUT2D eigenvalue weighted by Gasteiger charge is 2.19. The quantitative estimate of drug-likeness (QED) is 0.767. The largest absolute Gasteiger partial charge is 0.392 e. The fraction of sp³-hybridized carbons (Fsp3) is 0.0769. The molecule has 2 rings (SSSR count). The van der Waals surface area contributed by atoms with Crippen LogP contribution in [0, 0.1) is 9.39 Å². The summed E-state index contributed by atoms with van der Waals surface area (Å²) < 4.78 is 41.2. The van der Waals surface area contributed by atoms with Crippen molar-refractivity contribution in [3.63, 3.8) is 0 Å². The zero-order valence-electron chi connectivity index (χ0n) is 10.2. The minimum absolute atomic E-state index is 0.328. The molecule has 7 heteroatoms. The average molecular weight is 407 g/mol. The molecule has 4 nitrogen and oxygen atoms in total. The molecular weight excluding hydrogens is 396 g/mol. The monoisotopic (exact) mass is 407 g/mol. The molecule has 2 aromatic carbocycles. The van der Waals surface area contributed by atoms with Crippen molar-refractivity contribution < 1.29 is 17.9 Å². The maximum Gasteiger partial charge on any atom is 0.264 e. The number of benzene rings is 2. The van der Waals surface area contributed by atoms with Gasteiger partial charge in [-0.2, -0.15) is 0 Å². The fourth-order valence-corrected chi connectivity index (χ4v) is 3.34. The van der Waals surface area contributed by atoms with E-state index in [1.807, 2.05) is 28.7 Å². The maximum absolute atomic E-state index is 13.7. The van der Waals surface area contributed by atoms with Gasteiger partial charge in [-0.05, 0) is 58.5 Å². The Bertz CT molecular complexity index is 734. The molecule has 0 aliphatic rings. The standard InChI is InChI=1S/C13H11FINO3S/c14-12-5-4-9(8-17)6-13(12)20(18,19)16-11-3-1-2-10(15)7-11/h1-7,16-17H,8H2. The van der Waals surface area contributed by atoms with Crippen LogP contribution in [0.25, 0.3) is 0 Å². The summed E-state index contributed by atoms with van der Waals surface area (Å²) in [6.45, 7) is -0.355. The van der Waals surface area contributed by atoms with Gasteiger partial charge in [-0.15, -0.1) is 0 Å². The van der Waals surface area contributed by atoms with E-state index >= 15 is 0 Å². The van der Waals surface area contributed by atoms with Crippen LogP contribution < -0.4 is 4.72 Å². The van der Waals surface area contributed by atoms with Gasteiger partial charge in [0.1, 0.15) is 10.7 Å². The van der Waals surface area contributed by atoms with Gasteiger partial charge >= 0.3 is 0 Å². The van der Waals surface area contributed by atoms with Gasteiger partial charge in [-0.1, -0.05) is 12.1 Å². The lowest BCUT2D eigenvalue weighted by Crippen LogP contribution is -2.15. The van der Waals surface area contributed by atoms with E-state index in [4.69, 9.17) is 5.11 Å². The zero-order valence-corrected chi connectivity index (χ0v) is 13.2. The molecule has 0 aromatic heterocycles. The molecule has 0 heterocycles. The second-order valence-corrected chi connectivity index (χ2v) is 6.94. The van der Waals surface area contributed by atoms with E-state index in [2.05, 4.69) is 4.72 Å². The number of nitrogens with one attached hydrogen (secondary N) is 1. The number of aliphatic hydroxyl groups is 1. The van der Waals surface area contributed by atoms with Crippen LogP contribution >= 0.6 is 22.6 Å². The van der Waals surface area contributed by atoms with Crippen LogP contribution in [0.15, 0.2) is 47.4 Å². The van der Waals surface area contributed by atoms with Crippen molar-refractivity contribution in [3.8, 4) is 0 Å². The molecule has 0 spiro atoms.